The molecule has 0 aliphatic heterocycles. The van der Waals surface area contributed by atoms with Crippen LogP contribution < -0.4 is 25.4 Å². The van der Waals surface area contributed by atoms with Gasteiger partial charge < -0.3 is 20.1 Å². The minimum atomic E-state index is -0.144. The van der Waals surface area contributed by atoms with E-state index in [4.69, 9.17) is 4.74 Å². The van der Waals surface area contributed by atoms with E-state index in [1.807, 2.05) is 74.9 Å². The molecule has 0 spiro atoms. The largest absolute Gasteiger partial charge is 0.457 e. The summed E-state index contributed by atoms with van der Waals surface area (Å²) in [7, 11) is 4.51. The van der Waals surface area contributed by atoms with Crippen LogP contribution in [0.25, 0.3) is 5.69 Å². The Bertz CT molecular complexity index is 1320. The van der Waals surface area contributed by atoms with Crippen LogP contribution in [0.3, 0.4) is 0 Å². The summed E-state index contributed by atoms with van der Waals surface area (Å²) in [6, 6.07) is 11.8. The molecule has 37 heavy (non-hydrogen) atoms. The van der Waals surface area contributed by atoms with E-state index in [1.54, 1.807) is 24.0 Å². The van der Waals surface area contributed by atoms with Crippen molar-refractivity contribution >= 4 is 38.1 Å². The van der Waals surface area contributed by atoms with Crippen molar-refractivity contribution in [2.24, 2.45) is 0 Å². The van der Waals surface area contributed by atoms with Crippen LogP contribution >= 0.6 is 21.2 Å². The number of ketones is 1. The van der Waals surface area contributed by atoms with Gasteiger partial charge >= 0.3 is 0 Å². The summed E-state index contributed by atoms with van der Waals surface area (Å²) < 4.78 is 10.9. The Morgan fingerprint density at radius 2 is 2.08 bits per heavy atom. The molecule has 0 aliphatic carbocycles. The quantitative estimate of drug-likeness (QED) is 0.0885. The fourth-order valence-electron chi connectivity index (χ4n) is 3.67. The van der Waals surface area contributed by atoms with Gasteiger partial charge in [-0.2, -0.15) is 5.10 Å². The fraction of sp³-hybridized carbons (Fsp3) is 0.214. The molecule has 3 aromatic rings. The molecule has 7 nitrogen and oxygen atoms in total. The molecule has 1 heterocycles. The van der Waals surface area contributed by atoms with Crippen molar-refractivity contribution in [3.63, 3.8) is 0 Å². The Morgan fingerprint density at radius 3 is 2.78 bits per heavy atom. The SMILES string of the molecule is C=CC/C=C(\NC/C=C/NSC)C(=O)c1cnn(-c2ccc(Oc3cccc(P)c3C)cc2C)c1NC. The normalized spacial score (nSPS) is 11.4. The average Bonchev–Trinajstić information content (AvgIpc) is 3.32. The summed E-state index contributed by atoms with van der Waals surface area (Å²) >= 11 is 1.50. The van der Waals surface area contributed by atoms with Gasteiger partial charge in [-0.05, 0) is 67.0 Å². The molecule has 2 aromatic carbocycles. The van der Waals surface area contributed by atoms with Crippen LogP contribution in [0.4, 0.5) is 5.82 Å². The maximum Gasteiger partial charge on any atom is 0.213 e. The molecule has 3 rings (SSSR count). The number of aryl methyl sites for hydroxylation is 1. The van der Waals surface area contributed by atoms with Gasteiger partial charge in [-0.3, -0.25) is 4.79 Å². The molecule has 194 valence electrons. The highest BCUT2D eigenvalue weighted by atomic mass is 32.2. The van der Waals surface area contributed by atoms with Gasteiger partial charge in [0.1, 0.15) is 17.3 Å². The number of anilines is 1. The molecule has 0 amide bonds. The number of carbonyl (C=O) groups excluding carboxylic acids is 1. The van der Waals surface area contributed by atoms with Gasteiger partial charge in [0.05, 0.1) is 23.1 Å². The molecular weight excluding hydrogens is 501 g/mol. The number of ether oxygens (including phenoxy) is 1. The third-order valence-electron chi connectivity index (χ3n) is 5.65. The number of hydrogen-bond acceptors (Lipinski definition) is 7. The topological polar surface area (TPSA) is 80.2 Å². The van der Waals surface area contributed by atoms with Crippen LogP contribution in [0.5, 0.6) is 11.5 Å². The number of rotatable bonds is 13. The lowest BCUT2D eigenvalue weighted by molar-refractivity contribution is 0.102. The second-order valence-electron chi connectivity index (χ2n) is 8.17. The first-order valence-electron chi connectivity index (χ1n) is 11.8. The van der Waals surface area contributed by atoms with Gasteiger partial charge in [-0.15, -0.1) is 15.8 Å². The van der Waals surface area contributed by atoms with Crippen LogP contribution in [0, 0.1) is 13.8 Å². The molecular formula is C28H34N5O2PS. The van der Waals surface area contributed by atoms with Crippen molar-refractivity contribution in [1.82, 2.24) is 19.8 Å². The third kappa shape index (κ3) is 7.06. The first kappa shape index (κ1) is 28.1. The first-order chi connectivity index (χ1) is 17.9. The summed E-state index contributed by atoms with van der Waals surface area (Å²) in [5.74, 6) is 2.01. The molecule has 0 saturated heterocycles. The summed E-state index contributed by atoms with van der Waals surface area (Å²) in [5.41, 5.74) is 3.86. The molecule has 0 bridgehead atoms. The zero-order valence-electron chi connectivity index (χ0n) is 21.7. The van der Waals surface area contributed by atoms with Crippen molar-refractivity contribution in [3.05, 3.63) is 96.0 Å². The van der Waals surface area contributed by atoms with Gasteiger partial charge in [-0.25, -0.2) is 4.68 Å². The number of Topliss-reactive ketones (excluding diaryl/α,β-unsaturated/α-hetero) is 1. The van der Waals surface area contributed by atoms with E-state index < -0.39 is 0 Å². The number of nitrogens with one attached hydrogen (secondary N) is 3. The van der Waals surface area contributed by atoms with Gasteiger partial charge in [0, 0.05) is 26.0 Å². The van der Waals surface area contributed by atoms with Crippen molar-refractivity contribution in [1.29, 1.82) is 0 Å². The van der Waals surface area contributed by atoms with Gasteiger partial charge in [0.2, 0.25) is 5.78 Å². The number of hydrogen-bond donors (Lipinski definition) is 3. The summed E-state index contributed by atoms with van der Waals surface area (Å²) in [4.78, 5) is 13.5. The lowest BCUT2D eigenvalue weighted by Gasteiger charge is -2.15. The smallest absolute Gasteiger partial charge is 0.213 e. The molecule has 1 atom stereocenters. The molecule has 1 unspecified atom stereocenters. The van der Waals surface area contributed by atoms with Crippen molar-refractivity contribution in [2.45, 2.75) is 20.3 Å². The van der Waals surface area contributed by atoms with E-state index in [2.05, 4.69) is 36.3 Å². The minimum absolute atomic E-state index is 0.144. The maximum atomic E-state index is 13.5. The molecule has 0 aliphatic rings. The lowest BCUT2D eigenvalue weighted by Crippen LogP contribution is -2.21. The molecule has 9 heteroatoms. The van der Waals surface area contributed by atoms with Gasteiger partial charge in [0.25, 0.3) is 0 Å². The number of aromatic nitrogens is 2. The van der Waals surface area contributed by atoms with Crippen LogP contribution in [-0.4, -0.2) is 35.4 Å². The van der Waals surface area contributed by atoms with E-state index in [0.29, 0.717) is 30.0 Å². The number of benzene rings is 2. The summed E-state index contributed by atoms with van der Waals surface area (Å²) in [6.07, 6.45) is 11.5. The predicted molar refractivity (Wildman–Crippen MR) is 159 cm³/mol. The van der Waals surface area contributed by atoms with Crippen LogP contribution in [0.1, 0.15) is 27.9 Å². The van der Waals surface area contributed by atoms with Crippen molar-refractivity contribution < 1.29 is 9.53 Å². The van der Waals surface area contributed by atoms with Crippen LogP contribution in [-0.2, 0) is 0 Å². The minimum Gasteiger partial charge on any atom is -0.457 e. The zero-order valence-corrected chi connectivity index (χ0v) is 23.6. The molecule has 0 radical (unpaired) electrons. The Hall–Kier alpha value is -3.48. The maximum absolute atomic E-state index is 13.5. The van der Waals surface area contributed by atoms with Crippen LogP contribution in [0.15, 0.2) is 79.3 Å². The van der Waals surface area contributed by atoms with Gasteiger partial charge in [0.15, 0.2) is 0 Å². The molecule has 0 fully saturated rings. The Kier molecular flexibility index (Phi) is 10.4. The van der Waals surface area contributed by atoms with Crippen molar-refractivity contribution in [2.75, 3.05) is 25.2 Å². The summed E-state index contributed by atoms with van der Waals surface area (Å²) in [6.45, 7) is 8.30. The highest BCUT2D eigenvalue weighted by Crippen LogP contribution is 2.30. The lowest BCUT2D eigenvalue weighted by atomic mass is 10.1. The molecule has 3 N–H and O–H groups in total. The highest BCUT2D eigenvalue weighted by molar-refractivity contribution is 7.96. The van der Waals surface area contributed by atoms with Crippen LogP contribution in [0.2, 0.25) is 0 Å². The second-order valence-corrected chi connectivity index (χ2v) is 9.43. The van der Waals surface area contributed by atoms with E-state index in [9.17, 15) is 4.79 Å². The van der Waals surface area contributed by atoms with E-state index in [-0.39, 0.29) is 5.78 Å². The summed E-state index contributed by atoms with van der Waals surface area (Å²) in [5, 5.41) is 12.0. The Morgan fingerprint density at radius 1 is 1.27 bits per heavy atom. The molecule has 0 saturated carbocycles. The highest BCUT2D eigenvalue weighted by Gasteiger charge is 2.21. The average molecular weight is 536 g/mol. The fourth-order valence-corrected chi connectivity index (χ4v) is 4.16. The Labute approximate surface area is 225 Å². The number of carbonyl (C=O) groups is 1. The van der Waals surface area contributed by atoms with Gasteiger partial charge in [-0.1, -0.05) is 36.2 Å². The monoisotopic (exact) mass is 535 g/mol. The third-order valence-corrected chi connectivity index (χ3v) is 6.65. The predicted octanol–water partition coefficient (Wildman–Crippen LogP) is 5.44. The Balaban J connectivity index is 1.87. The second kappa shape index (κ2) is 13.7. The zero-order chi connectivity index (χ0) is 26.8. The molecule has 1 aromatic heterocycles. The standard InChI is InChI=1S/C28H34N5O2PS/c1-6-7-10-23(30-15-9-16-32-37-5)27(34)22-18-31-33(28(22)29-4)24-14-13-21(17-19(24)2)35-25-11-8-12-26(36)20(25)3/h6,8-14,16-18,29-30,32H,1,7,15,36H2,2-5H3/b16-9+,23-10-. The number of nitrogens with zero attached hydrogens (tertiary/aromatic N) is 2. The first-order valence-corrected chi connectivity index (χ1v) is 13.6. The van der Waals surface area contributed by atoms with E-state index in [1.165, 1.54) is 11.9 Å². The van der Waals surface area contributed by atoms with E-state index >= 15 is 0 Å². The number of allylic oxidation sites excluding steroid dienone is 3. The van der Waals surface area contributed by atoms with Crippen molar-refractivity contribution in [3.8, 4) is 17.2 Å². The van der Waals surface area contributed by atoms with E-state index in [0.717, 1.165) is 33.6 Å².